The quantitative estimate of drug-likeness (QED) is 0.554. The van der Waals surface area contributed by atoms with Crippen LogP contribution in [0.2, 0.25) is 0 Å². The van der Waals surface area contributed by atoms with Gasteiger partial charge in [0.05, 0.1) is 11.6 Å². The zero-order valence-corrected chi connectivity index (χ0v) is 16.9. The molecular formula is C21H20BrN3O3. The van der Waals surface area contributed by atoms with Crippen molar-refractivity contribution in [2.45, 2.75) is 13.2 Å². The summed E-state index contributed by atoms with van der Waals surface area (Å²) in [5.74, 6) is 1.44. The molecule has 2 N–H and O–H groups in total. The molecule has 3 rings (SSSR count). The van der Waals surface area contributed by atoms with Gasteiger partial charge in [0.15, 0.2) is 0 Å². The minimum Gasteiger partial charge on any atom is -0.497 e. The molecule has 1 aromatic heterocycles. The fourth-order valence-electron chi connectivity index (χ4n) is 2.43. The highest BCUT2D eigenvalue weighted by molar-refractivity contribution is 9.10. The number of benzene rings is 2. The predicted molar refractivity (Wildman–Crippen MR) is 112 cm³/mol. The minimum atomic E-state index is -0.270. The van der Waals surface area contributed by atoms with Gasteiger partial charge in [-0.15, -0.1) is 0 Å². The smallest absolute Gasteiger partial charge is 0.319 e. The Morgan fingerprint density at radius 1 is 1.11 bits per heavy atom. The van der Waals surface area contributed by atoms with Gasteiger partial charge in [0, 0.05) is 30.7 Å². The van der Waals surface area contributed by atoms with E-state index < -0.39 is 0 Å². The van der Waals surface area contributed by atoms with Crippen molar-refractivity contribution in [3.05, 3.63) is 82.6 Å². The van der Waals surface area contributed by atoms with E-state index in [1.54, 1.807) is 19.5 Å². The molecule has 0 fully saturated rings. The molecule has 6 nitrogen and oxygen atoms in total. The second-order valence-electron chi connectivity index (χ2n) is 5.95. The van der Waals surface area contributed by atoms with Gasteiger partial charge >= 0.3 is 6.03 Å². The van der Waals surface area contributed by atoms with Gasteiger partial charge in [0.25, 0.3) is 0 Å². The number of aromatic nitrogens is 1. The molecule has 0 aliphatic rings. The summed E-state index contributed by atoms with van der Waals surface area (Å²) in [6.07, 6.45) is 3.41. The number of hydrogen-bond acceptors (Lipinski definition) is 4. The number of carbonyl (C=O) groups excluding carboxylic acids is 1. The second-order valence-corrected chi connectivity index (χ2v) is 6.81. The Bertz CT molecular complexity index is 918. The number of rotatable bonds is 7. The third-order valence-electron chi connectivity index (χ3n) is 3.92. The Kier molecular flexibility index (Phi) is 6.86. The van der Waals surface area contributed by atoms with Gasteiger partial charge < -0.3 is 20.1 Å². The zero-order chi connectivity index (χ0) is 19.8. The van der Waals surface area contributed by atoms with Crippen LogP contribution in [0.5, 0.6) is 11.5 Å². The molecule has 0 bridgehead atoms. The first kappa shape index (κ1) is 19.7. The molecule has 0 unspecified atom stereocenters. The average molecular weight is 442 g/mol. The van der Waals surface area contributed by atoms with E-state index in [0.29, 0.717) is 24.6 Å². The first-order valence-electron chi connectivity index (χ1n) is 8.63. The number of urea groups is 1. The van der Waals surface area contributed by atoms with E-state index in [9.17, 15) is 4.79 Å². The summed E-state index contributed by atoms with van der Waals surface area (Å²) >= 11 is 3.46. The molecule has 0 aliphatic heterocycles. The lowest BCUT2D eigenvalue weighted by Crippen LogP contribution is -2.28. The molecule has 2 aromatic carbocycles. The Hall–Kier alpha value is -3.06. The van der Waals surface area contributed by atoms with E-state index in [-0.39, 0.29) is 6.03 Å². The van der Waals surface area contributed by atoms with Crippen molar-refractivity contribution >= 4 is 27.6 Å². The number of pyridine rings is 1. The second kappa shape index (κ2) is 9.75. The summed E-state index contributed by atoms with van der Waals surface area (Å²) < 4.78 is 11.9. The number of methoxy groups -OCH3 is 1. The highest BCUT2D eigenvalue weighted by Crippen LogP contribution is 2.30. The van der Waals surface area contributed by atoms with Gasteiger partial charge in [-0.2, -0.15) is 0 Å². The molecule has 3 aromatic rings. The van der Waals surface area contributed by atoms with E-state index >= 15 is 0 Å². The maximum absolute atomic E-state index is 12.0. The van der Waals surface area contributed by atoms with Crippen LogP contribution < -0.4 is 20.1 Å². The fourth-order valence-corrected chi connectivity index (χ4v) is 2.79. The predicted octanol–water partition coefficient (Wildman–Crippen LogP) is 4.75. The zero-order valence-electron chi connectivity index (χ0n) is 15.3. The summed E-state index contributed by atoms with van der Waals surface area (Å²) in [5, 5.41) is 5.60. The van der Waals surface area contributed by atoms with Crippen molar-refractivity contribution in [2.75, 3.05) is 12.4 Å². The van der Waals surface area contributed by atoms with Crippen molar-refractivity contribution in [1.29, 1.82) is 0 Å². The summed E-state index contributed by atoms with van der Waals surface area (Å²) in [6, 6.07) is 16.5. The molecule has 1 heterocycles. The van der Waals surface area contributed by atoms with E-state index in [0.717, 1.165) is 21.3 Å². The van der Waals surface area contributed by atoms with Crippen LogP contribution in [0, 0.1) is 0 Å². The number of amides is 2. The van der Waals surface area contributed by atoms with Gasteiger partial charge in [0.2, 0.25) is 0 Å². The van der Waals surface area contributed by atoms with Gasteiger partial charge in [-0.1, -0.05) is 18.2 Å². The largest absolute Gasteiger partial charge is 0.497 e. The first-order chi connectivity index (χ1) is 13.6. The Morgan fingerprint density at radius 3 is 2.64 bits per heavy atom. The summed E-state index contributed by atoms with van der Waals surface area (Å²) in [7, 11) is 1.62. The molecule has 144 valence electrons. The van der Waals surface area contributed by atoms with E-state index in [2.05, 4.69) is 31.5 Å². The van der Waals surface area contributed by atoms with Crippen LogP contribution in [-0.2, 0) is 13.2 Å². The highest BCUT2D eigenvalue weighted by atomic mass is 79.9. The van der Waals surface area contributed by atoms with Crippen molar-refractivity contribution < 1.29 is 14.3 Å². The van der Waals surface area contributed by atoms with Crippen LogP contribution >= 0.6 is 15.9 Å². The Morgan fingerprint density at radius 2 is 1.93 bits per heavy atom. The van der Waals surface area contributed by atoms with Crippen molar-refractivity contribution in [3.63, 3.8) is 0 Å². The topological polar surface area (TPSA) is 72.5 Å². The third kappa shape index (κ3) is 5.72. The SMILES string of the molecule is COc1ccc(Br)c(OCc2ccc(NC(=O)NCc3cccnc3)cc2)c1. The lowest BCUT2D eigenvalue weighted by atomic mass is 10.2. The number of anilines is 1. The molecule has 0 saturated heterocycles. The molecule has 0 radical (unpaired) electrons. The summed E-state index contributed by atoms with van der Waals surface area (Å²) in [4.78, 5) is 16.0. The van der Waals surface area contributed by atoms with E-state index in [4.69, 9.17) is 9.47 Å². The number of nitrogens with one attached hydrogen (secondary N) is 2. The van der Waals surface area contributed by atoms with E-state index in [1.807, 2.05) is 54.6 Å². The molecule has 0 atom stereocenters. The van der Waals surface area contributed by atoms with Crippen molar-refractivity contribution in [3.8, 4) is 11.5 Å². The Balaban J connectivity index is 1.50. The lowest BCUT2D eigenvalue weighted by molar-refractivity contribution is 0.251. The molecule has 7 heteroatoms. The molecular weight excluding hydrogens is 422 g/mol. The minimum absolute atomic E-state index is 0.270. The van der Waals surface area contributed by atoms with E-state index in [1.165, 1.54) is 0 Å². The van der Waals surface area contributed by atoms with Crippen LogP contribution in [-0.4, -0.2) is 18.1 Å². The van der Waals surface area contributed by atoms with Crippen molar-refractivity contribution in [2.24, 2.45) is 0 Å². The standard InChI is InChI=1S/C21H20BrN3O3/c1-27-18-8-9-19(22)20(11-18)28-14-15-4-6-17(7-5-15)25-21(26)24-13-16-3-2-10-23-12-16/h2-12H,13-14H2,1H3,(H2,24,25,26). The lowest BCUT2D eigenvalue weighted by Gasteiger charge is -2.11. The highest BCUT2D eigenvalue weighted by Gasteiger charge is 2.05. The van der Waals surface area contributed by atoms with Crippen LogP contribution in [0.25, 0.3) is 0 Å². The van der Waals surface area contributed by atoms with Gasteiger partial charge in [-0.3, -0.25) is 4.98 Å². The number of halogens is 1. The van der Waals surface area contributed by atoms with Gasteiger partial charge in [-0.25, -0.2) is 4.79 Å². The normalized spacial score (nSPS) is 10.2. The molecule has 0 spiro atoms. The van der Waals surface area contributed by atoms with Crippen molar-refractivity contribution in [1.82, 2.24) is 10.3 Å². The van der Waals surface area contributed by atoms with Gasteiger partial charge in [-0.05, 0) is 57.4 Å². The molecule has 2 amide bonds. The average Bonchev–Trinajstić information content (AvgIpc) is 2.73. The first-order valence-corrected chi connectivity index (χ1v) is 9.42. The Labute approximate surface area is 172 Å². The number of carbonyl (C=O) groups is 1. The summed E-state index contributed by atoms with van der Waals surface area (Å²) in [6.45, 7) is 0.820. The molecule has 28 heavy (non-hydrogen) atoms. The van der Waals surface area contributed by atoms with Crippen LogP contribution in [0.3, 0.4) is 0 Å². The summed E-state index contributed by atoms with van der Waals surface area (Å²) in [5.41, 5.74) is 2.62. The maximum Gasteiger partial charge on any atom is 0.319 e. The third-order valence-corrected chi connectivity index (χ3v) is 4.58. The van der Waals surface area contributed by atoms with Gasteiger partial charge in [0.1, 0.15) is 18.1 Å². The fraction of sp³-hybridized carbons (Fsp3) is 0.143. The maximum atomic E-state index is 12.0. The number of ether oxygens (including phenoxy) is 2. The van der Waals surface area contributed by atoms with Crippen LogP contribution in [0.4, 0.5) is 10.5 Å². The van der Waals surface area contributed by atoms with Crippen LogP contribution in [0.15, 0.2) is 71.5 Å². The van der Waals surface area contributed by atoms with Crippen LogP contribution in [0.1, 0.15) is 11.1 Å². The molecule has 0 saturated carbocycles. The monoisotopic (exact) mass is 441 g/mol. The number of hydrogen-bond donors (Lipinski definition) is 2. The number of nitrogens with zero attached hydrogens (tertiary/aromatic N) is 1. The molecule has 0 aliphatic carbocycles.